The van der Waals surface area contributed by atoms with Gasteiger partial charge in [-0.25, -0.2) is 4.79 Å². The summed E-state index contributed by atoms with van der Waals surface area (Å²) in [5.74, 6) is -5.91. The topological polar surface area (TPSA) is 46.5 Å². The van der Waals surface area contributed by atoms with Gasteiger partial charge in [0.25, 0.3) is 0 Å². The van der Waals surface area contributed by atoms with Gasteiger partial charge in [0.1, 0.15) is 5.75 Å². The van der Waals surface area contributed by atoms with Crippen molar-refractivity contribution in [3.05, 3.63) is 28.2 Å². The van der Waals surface area contributed by atoms with Crippen LogP contribution in [0.3, 0.4) is 0 Å². The van der Waals surface area contributed by atoms with Gasteiger partial charge < -0.3 is 9.84 Å². The lowest BCUT2D eigenvalue weighted by Crippen LogP contribution is -2.25. The number of rotatable bonds is 4. The van der Waals surface area contributed by atoms with Gasteiger partial charge in [-0.2, -0.15) is 8.78 Å². The van der Waals surface area contributed by atoms with Crippen LogP contribution in [0.25, 0.3) is 0 Å². The van der Waals surface area contributed by atoms with Gasteiger partial charge in [0.2, 0.25) is 0 Å². The number of ether oxygens (including phenoxy) is 1. The summed E-state index contributed by atoms with van der Waals surface area (Å²) < 4.78 is 31.8. The van der Waals surface area contributed by atoms with E-state index < -0.39 is 17.5 Å². The van der Waals surface area contributed by atoms with Crippen LogP contribution >= 0.6 is 15.9 Å². The molecule has 6 heteroatoms. The van der Waals surface area contributed by atoms with Crippen LogP contribution in [0.1, 0.15) is 12.5 Å². The van der Waals surface area contributed by atoms with Crippen molar-refractivity contribution in [3.63, 3.8) is 0 Å². The number of hydrogen-bond donors (Lipinski definition) is 1. The molecule has 3 nitrogen and oxygen atoms in total. The molecule has 0 unspecified atom stereocenters. The number of benzene rings is 1. The van der Waals surface area contributed by atoms with Crippen LogP contribution in [0, 0.1) is 0 Å². The fourth-order valence-corrected chi connectivity index (χ4v) is 1.59. The van der Waals surface area contributed by atoms with Crippen molar-refractivity contribution in [3.8, 4) is 5.75 Å². The van der Waals surface area contributed by atoms with Gasteiger partial charge in [-0.1, -0.05) is 15.9 Å². The predicted molar refractivity (Wildman–Crippen MR) is 56.8 cm³/mol. The maximum Gasteiger partial charge on any atom is 0.379 e. The molecule has 0 spiro atoms. The molecule has 0 bridgehead atoms. The monoisotopic (exact) mass is 294 g/mol. The minimum absolute atomic E-state index is 0.202. The summed E-state index contributed by atoms with van der Waals surface area (Å²) in [6.45, 7) is 2.02. The zero-order valence-electron chi connectivity index (χ0n) is 8.34. The molecule has 0 amide bonds. The highest BCUT2D eigenvalue weighted by Gasteiger charge is 2.41. The fraction of sp³-hybridized carbons (Fsp3) is 0.300. The number of aliphatic carboxylic acids is 1. The van der Waals surface area contributed by atoms with Crippen molar-refractivity contribution < 1.29 is 23.4 Å². The first kappa shape index (κ1) is 12.9. The minimum Gasteiger partial charge on any atom is -0.494 e. The smallest absolute Gasteiger partial charge is 0.379 e. The lowest BCUT2D eigenvalue weighted by atomic mass is 10.1. The predicted octanol–water partition coefficient (Wildman–Crippen LogP) is 3.02. The Morgan fingerprint density at radius 3 is 2.62 bits per heavy atom. The molecular weight excluding hydrogens is 286 g/mol. The molecule has 0 aliphatic carbocycles. The third kappa shape index (κ3) is 2.69. The highest BCUT2D eigenvalue weighted by atomic mass is 79.9. The molecule has 16 heavy (non-hydrogen) atoms. The lowest BCUT2D eigenvalue weighted by Gasteiger charge is -2.13. The second-order valence-corrected chi connectivity index (χ2v) is 3.90. The van der Waals surface area contributed by atoms with Crippen LogP contribution in [0.2, 0.25) is 0 Å². The molecule has 0 heterocycles. The van der Waals surface area contributed by atoms with Crippen LogP contribution in [0.15, 0.2) is 22.7 Å². The summed E-state index contributed by atoms with van der Waals surface area (Å²) in [7, 11) is 0. The van der Waals surface area contributed by atoms with Crippen molar-refractivity contribution >= 4 is 21.9 Å². The van der Waals surface area contributed by atoms with E-state index >= 15 is 0 Å². The summed E-state index contributed by atoms with van der Waals surface area (Å²) in [6, 6.07) is 3.56. The fourth-order valence-electron chi connectivity index (χ4n) is 1.12. The van der Waals surface area contributed by atoms with Gasteiger partial charge in [-0.05, 0) is 25.1 Å². The van der Waals surface area contributed by atoms with Crippen molar-refractivity contribution in [1.29, 1.82) is 0 Å². The molecular formula is C10H9BrF2O3. The average molecular weight is 295 g/mol. The first-order valence-electron chi connectivity index (χ1n) is 4.43. The first-order chi connectivity index (χ1) is 7.37. The molecule has 0 aliphatic rings. The van der Waals surface area contributed by atoms with E-state index in [2.05, 4.69) is 15.9 Å². The zero-order valence-corrected chi connectivity index (χ0v) is 9.92. The molecule has 0 radical (unpaired) electrons. The van der Waals surface area contributed by atoms with Crippen LogP contribution in [0.4, 0.5) is 8.78 Å². The molecule has 1 aromatic rings. The number of hydrogen-bond acceptors (Lipinski definition) is 2. The summed E-state index contributed by atoms with van der Waals surface area (Å²) in [6.07, 6.45) is 0. The molecule has 0 aliphatic heterocycles. The van der Waals surface area contributed by atoms with E-state index in [0.29, 0.717) is 11.1 Å². The van der Waals surface area contributed by atoms with Crippen LogP contribution in [-0.4, -0.2) is 17.7 Å². The molecule has 1 N–H and O–H groups in total. The maximum atomic E-state index is 13.2. The third-order valence-electron chi connectivity index (χ3n) is 1.81. The number of carbonyl (C=O) groups is 1. The largest absolute Gasteiger partial charge is 0.494 e. The number of alkyl halides is 2. The maximum absolute atomic E-state index is 13.2. The van der Waals surface area contributed by atoms with E-state index in [-0.39, 0.29) is 5.75 Å². The molecule has 0 aromatic heterocycles. The van der Waals surface area contributed by atoms with E-state index in [9.17, 15) is 13.6 Å². The van der Waals surface area contributed by atoms with E-state index in [0.717, 1.165) is 12.1 Å². The Morgan fingerprint density at radius 2 is 2.12 bits per heavy atom. The lowest BCUT2D eigenvalue weighted by molar-refractivity contribution is -0.166. The Labute approximate surface area is 99.2 Å². The van der Waals surface area contributed by atoms with Gasteiger partial charge >= 0.3 is 11.9 Å². The van der Waals surface area contributed by atoms with Gasteiger partial charge in [0, 0.05) is 10.0 Å². The van der Waals surface area contributed by atoms with Gasteiger partial charge in [0.05, 0.1) is 6.61 Å². The van der Waals surface area contributed by atoms with Gasteiger partial charge in [-0.3, -0.25) is 0 Å². The minimum atomic E-state index is -3.92. The van der Waals surface area contributed by atoms with Crippen molar-refractivity contribution in [2.75, 3.05) is 6.61 Å². The molecule has 88 valence electrons. The second kappa shape index (κ2) is 4.78. The van der Waals surface area contributed by atoms with Crippen LogP contribution < -0.4 is 4.74 Å². The number of halogens is 3. The van der Waals surface area contributed by atoms with Gasteiger partial charge in [-0.15, -0.1) is 0 Å². The summed E-state index contributed by atoms with van der Waals surface area (Å²) in [4.78, 5) is 10.4. The quantitative estimate of drug-likeness (QED) is 0.928. The summed E-state index contributed by atoms with van der Waals surface area (Å²) >= 11 is 3.02. The molecule has 1 rings (SSSR count). The van der Waals surface area contributed by atoms with E-state index in [1.54, 1.807) is 6.92 Å². The highest BCUT2D eigenvalue weighted by molar-refractivity contribution is 9.10. The Hall–Kier alpha value is -1.17. The Kier molecular flexibility index (Phi) is 3.85. The Bertz CT molecular complexity index is 407. The summed E-state index contributed by atoms with van der Waals surface area (Å²) in [5, 5.41) is 8.40. The van der Waals surface area contributed by atoms with Gasteiger partial charge in [0.15, 0.2) is 0 Å². The molecule has 0 fully saturated rings. The van der Waals surface area contributed by atoms with E-state index in [4.69, 9.17) is 9.84 Å². The third-order valence-corrected chi connectivity index (χ3v) is 2.27. The second-order valence-electron chi connectivity index (χ2n) is 2.99. The number of carboxylic acids is 1. The normalized spacial score (nSPS) is 11.2. The molecule has 0 atom stereocenters. The van der Waals surface area contributed by atoms with Crippen molar-refractivity contribution in [1.82, 2.24) is 0 Å². The number of carboxylic acid groups (broad SMARTS) is 1. The molecule has 0 saturated carbocycles. The first-order valence-corrected chi connectivity index (χ1v) is 5.22. The molecule has 1 aromatic carbocycles. The summed E-state index contributed by atoms with van der Waals surface area (Å²) in [5.41, 5.74) is -0.613. The van der Waals surface area contributed by atoms with Crippen LogP contribution in [-0.2, 0) is 10.7 Å². The van der Waals surface area contributed by atoms with Crippen molar-refractivity contribution in [2.45, 2.75) is 12.8 Å². The SMILES string of the molecule is CCOc1cc(Br)cc(C(F)(F)C(=O)O)c1. The Balaban J connectivity index is 3.19. The van der Waals surface area contributed by atoms with E-state index in [1.165, 1.54) is 6.07 Å². The van der Waals surface area contributed by atoms with Crippen molar-refractivity contribution in [2.24, 2.45) is 0 Å². The average Bonchev–Trinajstić information content (AvgIpc) is 2.17. The van der Waals surface area contributed by atoms with Crippen LogP contribution in [0.5, 0.6) is 5.75 Å². The molecule has 0 saturated heterocycles. The highest BCUT2D eigenvalue weighted by Crippen LogP contribution is 2.33. The van der Waals surface area contributed by atoms with E-state index in [1.807, 2.05) is 0 Å². The Morgan fingerprint density at radius 1 is 1.50 bits per heavy atom. The standard InChI is InChI=1S/C10H9BrF2O3/c1-2-16-8-4-6(3-7(11)5-8)10(12,13)9(14)15/h3-5H,2H2,1H3,(H,14,15). The zero-order chi connectivity index (χ0) is 12.3.